The lowest BCUT2D eigenvalue weighted by Crippen LogP contribution is -2.03. The molecule has 2 nitrogen and oxygen atoms in total. The van der Waals surface area contributed by atoms with Crippen molar-refractivity contribution in [2.45, 2.75) is 12.8 Å². The van der Waals surface area contributed by atoms with E-state index >= 15 is 0 Å². The van der Waals surface area contributed by atoms with Crippen LogP contribution in [0, 0.1) is 0 Å². The summed E-state index contributed by atoms with van der Waals surface area (Å²) in [6.45, 7) is 2.50. The molecule has 0 aromatic carbocycles. The van der Waals surface area contributed by atoms with Crippen molar-refractivity contribution in [1.82, 2.24) is 5.32 Å². The molecule has 0 amide bonds. The second-order valence-corrected chi connectivity index (χ2v) is 1.46. The zero-order valence-corrected chi connectivity index (χ0v) is 4.91. The molecule has 0 spiro atoms. The Bertz CT molecular complexity index is 23.3. The van der Waals surface area contributed by atoms with Gasteiger partial charge in [-0.05, 0) is 25.9 Å². The molecule has 0 bridgehead atoms. The van der Waals surface area contributed by atoms with Gasteiger partial charge < -0.3 is 5.32 Å². The Morgan fingerprint density at radius 2 is 1.57 bits per heavy atom. The quantitative estimate of drug-likeness (QED) is 0.492. The molecule has 0 radical (unpaired) electrons. The fourth-order valence-corrected chi connectivity index (χ4v) is 0.625. The largest absolute Gasteiger partial charge is 0.317 e. The van der Waals surface area contributed by atoms with Crippen molar-refractivity contribution in [3.63, 3.8) is 0 Å². The van der Waals surface area contributed by atoms with E-state index in [1.165, 1.54) is 25.9 Å². The second kappa shape index (κ2) is 6.21. The van der Waals surface area contributed by atoms with Gasteiger partial charge in [0.25, 0.3) is 0 Å². The topological polar surface area (TPSA) is 32.3 Å². The third kappa shape index (κ3) is 4.05. The summed E-state index contributed by atoms with van der Waals surface area (Å²) in [4.78, 5) is 0. The van der Waals surface area contributed by atoms with Gasteiger partial charge in [-0.1, -0.05) is 0 Å². The lowest BCUT2D eigenvalue weighted by molar-refractivity contribution is 0.632. The van der Waals surface area contributed by atoms with Gasteiger partial charge in [0, 0.05) is 0 Å². The van der Waals surface area contributed by atoms with Crippen LogP contribution in [0.25, 0.3) is 0 Å². The Balaban J connectivity index is 0.000000162. The first-order chi connectivity index (χ1) is 3.50. The molecule has 0 aromatic rings. The second-order valence-electron chi connectivity index (χ2n) is 1.46. The van der Waals surface area contributed by atoms with Crippen LogP contribution in [0.15, 0.2) is 0 Å². The monoisotopic (exact) mass is 123 g/mol. The summed E-state index contributed by atoms with van der Waals surface area (Å²) < 4.78 is 6.47. The van der Waals surface area contributed by atoms with E-state index in [1.54, 1.807) is 0 Å². The van der Waals surface area contributed by atoms with Crippen molar-refractivity contribution in [2.24, 2.45) is 0 Å². The Hall–Kier alpha value is 0.210. The average Bonchev–Trinajstić information content (AvgIpc) is 2.23. The Labute approximate surface area is 48.7 Å². The Morgan fingerprint density at radius 1 is 1.14 bits per heavy atom. The van der Waals surface area contributed by atoms with E-state index in [0.717, 1.165) is 0 Å². The minimum absolute atomic E-state index is 1.25. The molecule has 0 unspecified atom stereocenters. The van der Waals surface area contributed by atoms with E-state index in [1.807, 2.05) is 0 Å². The lowest BCUT2D eigenvalue weighted by atomic mass is 10.4. The highest BCUT2D eigenvalue weighted by atomic mass is 35.5. The van der Waals surface area contributed by atoms with Gasteiger partial charge >= 0.3 is 0 Å². The van der Waals surface area contributed by atoms with E-state index in [9.17, 15) is 0 Å². The molecule has 0 atom stereocenters. The summed E-state index contributed by atoms with van der Waals surface area (Å²) in [6.07, 6.45) is 2.78. The number of hydrogen-bond acceptors (Lipinski definition) is 2. The van der Waals surface area contributed by atoms with Crippen LogP contribution in [0.1, 0.15) is 12.8 Å². The summed E-state index contributed by atoms with van der Waals surface area (Å²) in [7, 11) is 0. The normalized spacial score (nSPS) is 18.0. The van der Waals surface area contributed by atoms with Gasteiger partial charge in [-0.3, -0.25) is 4.66 Å². The van der Waals surface area contributed by atoms with Crippen LogP contribution in [0.2, 0.25) is 0 Å². The number of hydrogen-bond donors (Lipinski definition) is 2. The first-order valence-electron chi connectivity index (χ1n) is 2.38. The van der Waals surface area contributed by atoms with E-state index in [2.05, 4.69) is 17.2 Å². The molecular formula is C4H10ClNO. The van der Waals surface area contributed by atoms with Gasteiger partial charge in [-0.25, -0.2) is 0 Å². The number of rotatable bonds is 0. The van der Waals surface area contributed by atoms with Gasteiger partial charge in [0.2, 0.25) is 0 Å². The maximum atomic E-state index is 6.47. The van der Waals surface area contributed by atoms with E-state index in [4.69, 9.17) is 4.66 Å². The van der Waals surface area contributed by atoms with Gasteiger partial charge in [-0.15, -0.1) is 0 Å². The first-order valence-corrected chi connectivity index (χ1v) is 2.71. The molecular weight excluding hydrogens is 114 g/mol. The van der Waals surface area contributed by atoms with Crippen molar-refractivity contribution in [3.8, 4) is 0 Å². The van der Waals surface area contributed by atoms with E-state index in [0.29, 0.717) is 0 Å². The fraction of sp³-hybridized carbons (Fsp3) is 1.00. The van der Waals surface area contributed by atoms with Crippen molar-refractivity contribution in [1.29, 1.82) is 0 Å². The Kier molecular flexibility index (Phi) is 6.40. The highest BCUT2D eigenvalue weighted by Gasteiger charge is 1.93. The molecule has 1 heterocycles. The molecule has 1 fully saturated rings. The number of halogens is 1. The van der Waals surface area contributed by atoms with Crippen LogP contribution >= 0.6 is 11.9 Å². The summed E-state index contributed by atoms with van der Waals surface area (Å²) in [5.74, 6) is 0. The maximum Gasteiger partial charge on any atom is 0.0579 e. The fourth-order valence-electron chi connectivity index (χ4n) is 0.625. The highest BCUT2D eigenvalue weighted by Crippen LogP contribution is 1.90. The molecule has 0 saturated carbocycles. The van der Waals surface area contributed by atoms with Gasteiger partial charge in [-0.2, -0.15) is 0 Å². The zero-order valence-electron chi connectivity index (χ0n) is 4.15. The van der Waals surface area contributed by atoms with Crippen LogP contribution in [0.4, 0.5) is 0 Å². The molecule has 3 heteroatoms. The van der Waals surface area contributed by atoms with E-state index < -0.39 is 0 Å². The smallest absolute Gasteiger partial charge is 0.0579 e. The van der Waals surface area contributed by atoms with Crippen LogP contribution < -0.4 is 5.32 Å². The molecule has 2 N–H and O–H groups in total. The molecule has 0 aliphatic carbocycles. The van der Waals surface area contributed by atoms with Crippen molar-refractivity contribution in [2.75, 3.05) is 13.1 Å². The lowest BCUT2D eigenvalue weighted by Gasteiger charge is -1.76. The molecule has 1 saturated heterocycles. The summed E-state index contributed by atoms with van der Waals surface area (Å²) in [5, 5.41) is 3.22. The van der Waals surface area contributed by atoms with Crippen molar-refractivity contribution in [3.05, 3.63) is 0 Å². The van der Waals surface area contributed by atoms with Crippen LogP contribution in [0.3, 0.4) is 0 Å². The van der Waals surface area contributed by atoms with Gasteiger partial charge in [0.05, 0.1) is 11.9 Å². The third-order valence-corrected chi connectivity index (χ3v) is 0.957. The SMILES string of the molecule is C1CCNC1.OCl. The first kappa shape index (κ1) is 7.21. The minimum atomic E-state index is 1.25. The molecule has 7 heavy (non-hydrogen) atoms. The van der Waals surface area contributed by atoms with Gasteiger partial charge in [0.1, 0.15) is 0 Å². The van der Waals surface area contributed by atoms with E-state index in [-0.39, 0.29) is 0 Å². The summed E-state index contributed by atoms with van der Waals surface area (Å²) >= 11 is 3.64. The standard InChI is InChI=1S/C4H9N.ClHO/c1-2-4-5-3-1;1-2/h5H,1-4H2;2H. The Morgan fingerprint density at radius 3 is 1.71 bits per heavy atom. The van der Waals surface area contributed by atoms with Crippen LogP contribution in [-0.4, -0.2) is 17.7 Å². The van der Waals surface area contributed by atoms with Crippen molar-refractivity contribution >= 4 is 11.9 Å². The molecule has 0 aromatic heterocycles. The predicted molar refractivity (Wildman–Crippen MR) is 30.2 cm³/mol. The zero-order chi connectivity index (χ0) is 5.54. The third-order valence-electron chi connectivity index (χ3n) is 0.957. The summed E-state index contributed by atoms with van der Waals surface area (Å²) in [5.41, 5.74) is 0. The number of nitrogens with one attached hydrogen (secondary N) is 1. The van der Waals surface area contributed by atoms with Gasteiger partial charge in [0.15, 0.2) is 0 Å². The summed E-state index contributed by atoms with van der Waals surface area (Å²) in [6, 6.07) is 0. The highest BCUT2D eigenvalue weighted by molar-refractivity contribution is 6.04. The average molecular weight is 124 g/mol. The molecule has 1 rings (SSSR count). The molecule has 1 aliphatic rings. The maximum absolute atomic E-state index is 6.47. The molecule has 44 valence electrons. The van der Waals surface area contributed by atoms with Crippen LogP contribution in [-0.2, 0) is 0 Å². The van der Waals surface area contributed by atoms with Crippen LogP contribution in [0.5, 0.6) is 0 Å². The van der Waals surface area contributed by atoms with Crippen molar-refractivity contribution < 1.29 is 4.66 Å². The predicted octanol–water partition coefficient (Wildman–Crippen LogP) is 0.502. The minimum Gasteiger partial charge on any atom is -0.317 e. The molecule has 1 aliphatic heterocycles.